The summed E-state index contributed by atoms with van der Waals surface area (Å²) in [4.78, 5) is 22.8. The number of carbonyl (C=O) groups excluding carboxylic acids is 1. The zero-order valence-corrected chi connectivity index (χ0v) is 13.0. The minimum Gasteiger partial charge on any atom is -0.341 e. The average molecular weight is 298 g/mol. The predicted octanol–water partition coefficient (Wildman–Crippen LogP) is 2.38. The SMILES string of the molecule is Cc1nccn1[C@@H]1CCCN(C(=O)CCc2ccncc2)C1. The predicted molar refractivity (Wildman–Crippen MR) is 84.4 cm³/mol. The summed E-state index contributed by atoms with van der Waals surface area (Å²) in [7, 11) is 0. The highest BCUT2D eigenvalue weighted by atomic mass is 16.2. The second-order valence-corrected chi connectivity index (χ2v) is 5.87. The lowest BCUT2D eigenvalue weighted by Crippen LogP contribution is -2.40. The molecule has 0 saturated carbocycles. The lowest BCUT2D eigenvalue weighted by Gasteiger charge is -2.34. The van der Waals surface area contributed by atoms with Gasteiger partial charge in [-0.15, -0.1) is 0 Å². The quantitative estimate of drug-likeness (QED) is 0.871. The first kappa shape index (κ1) is 14.8. The molecule has 5 heteroatoms. The molecule has 0 spiro atoms. The fourth-order valence-corrected chi connectivity index (χ4v) is 3.14. The van der Waals surface area contributed by atoms with Crippen molar-refractivity contribution < 1.29 is 4.79 Å². The molecular formula is C17H22N4O. The molecule has 22 heavy (non-hydrogen) atoms. The molecule has 1 fully saturated rings. The number of amides is 1. The first-order valence-electron chi connectivity index (χ1n) is 7.90. The van der Waals surface area contributed by atoms with Crippen molar-refractivity contribution in [3.05, 3.63) is 48.3 Å². The van der Waals surface area contributed by atoms with Crippen LogP contribution in [0.1, 0.15) is 36.7 Å². The summed E-state index contributed by atoms with van der Waals surface area (Å²) >= 11 is 0. The zero-order valence-electron chi connectivity index (χ0n) is 13.0. The van der Waals surface area contributed by atoms with Crippen LogP contribution in [0.25, 0.3) is 0 Å². The molecule has 0 N–H and O–H groups in total. The van der Waals surface area contributed by atoms with Crippen LogP contribution < -0.4 is 0 Å². The van der Waals surface area contributed by atoms with Crippen molar-refractivity contribution in [2.45, 2.75) is 38.6 Å². The Hall–Kier alpha value is -2.17. The van der Waals surface area contributed by atoms with Gasteiger partial charge in [-0.2, -0.15) is 0 Å². The molecule has 5 nitrogen and oxygen atoms in total. The van der Waals surface area contributed by atoms with Crippen LogP contribution in [-0.2, 0) is 11.2 Å². The van der Waals surface area contributed by atoms with Crippen molar-refractivity contribution in [3.63, 3.8) is 0 Å². The number of hydrogen-bond donors (Lipinski definition) is 0. The lowest BCUT2D eigenvalue weighted by molar-refractivity contribution is -0.132. The van der Waals surface area contributed by atoms with E-state index in [-0.39, 0.29) is 5.91 Å². The maximum Gasteiger partial charge on any atom is 0.222 e. The van der Waals surface area contributed by atoms with E-state index in [9.17, 15) is 4.79 Å². The molecule has 1 saturated heterocycles. The van der Waals surface area contributed by atoms with Gasteiger partial charge in [0, 0.05) is 44.3 Å². The Kier molecular flexibility index (Phi) is 4.51. The molecule has 2 aromatic heterocycles. The van der Waals surface area contributed by atoms with Crippen molar-refractivity contribution in [2.24, 2.45) is 0 Å². The lowest BCUT2D eigenvalue weighted by atomic mass is 10.0. The summed E-state index contributed by atoms with van der Waals surface area (Å²) in [5.74, 6) is 1.27. The molecule has 0 bridgehead atoms. The van der Waals surface area contributed by atoms with Crippen molar-refractivity contribution in [2.75, 3.05) is 13.1 Å². The third kappa shape index (κ3) is 3.35. The Balaban J connectivity index is 1.57. The number of carbonyl (C=O) groups is 1. The van der Waals surface area contributed by atoms with Gasteiger partial charge in [0.2, 0.25) is 5.91 Å². The van der Waals surface area contributed by atoms with Gasteiger partial charge in [0.05, 0.1) is 6.04 Å². The molecule has 3 heterocycles. The molecule has 116 valence electrons. The molecule has 1 amide bonds. The number of nitrogens with zero attached hydrogens (tertiary/aromatic N) is 4. The number of piperidine rings is 1. The topological polar surface area (TPSA) is 51.0 Å². The fourth-order valence-electron chi connectivity index (χ4n) is 3.14. The van der Waals surface area contributed by atoms with E-state index < -0.39 is 0 Å². The maximum atomic E-state index is 12.5. The Morgan fingerprint density at radius 2 is 2.14 bits per heavy atom. The van der Waals surface area contributed by atoms with Crippen LogP contribution in [0.3, 0.4) is 0 Å². The van der Waals surface area contributed by atoms with E-state index in [4.69, 9.17) is 0 Å². The number of hydrogen-bond acceptors (Lipinski definition) is 3. The van der Waals surface area contributed by atoms with E-state index in [2.05, 4.69) is 14.5 Å². The second kappa shape index (κ2) is 6.73. The van der Waals surface area contributed by atoms with E-state index in [1.165, 1.54) is 5.56 Å². The Morgan fingerprint density at radius 1 is 1.32 bits per heavy atom. The third-order valence-corrected chi connectivity index (χ3v) is 4.38. The highest BCUT2D eigenvalue weighted by Crippen LogP contribution is 2.23. The number of aromatic nitrogens is 3. The van der Waals surface area contributed by atoms with Crippen molar-refractivity contribution in [1.82, 2.24) is 19.4 Å². The standard InChI is InChI=1S/C17H22N4O/c1-14-19-10-12-21(14)16-3-2-11-20(13-16)17(22)5-4-15-6-8-18-9-7-15/h6-10,12,16H,2-5,11,13H2,1H3/t16-/m1/s1. The normalized spacial score (nSPS) is 18.4. The highest BCUT2D eigenvalue weighted by molar-refractivity contribution is 5.76. The molecule has 3 rings (SSSR count). The molecular weight excluding hydrogens is 276 g/mol. The Bertz CT molecular complexity index is 623. The zero-order chi connectivity index (χ0) is 15.4. The van der Waals surface area contributed by atoms with Crippen LogP contribution in [0.5, 0.6) is 0 Å². The van der Waals surface area contributed by atoms with Gasteiger partial charge in [0.1, 0.15) is 5.82 Å². The van der Waals surface area contributed by atoms with Gasteiger partial charge in [-0.25, -0.2) is 4.98 Å². The number of likely N-dealkylation sites (tertiary alicyclic amines) is 1. The highest BCUT2D eigenvalue weighted by Gasteiger charge is 2.24. The first-order chi connectivity index (χ1) is 10.7. The molecule has 0 aromatic carbocycles. The second-order valence-electron chi connectivity index (χ2n) is 5.87. The van der Waals surface area contributed by atoms with E-state index in [1.54, 1.807) is 12.4 Å². The van der Waals surface area contributed by atoms with Crippen LogP contribution in [0, 0.1) is 6.92 Å². The third-order valence-electron chi connectivity index (χ3n) is 4.38. The number of aryl methyl sites for hydroxylation is 2. The Labute approximate surface area is 131 Å². The molecule has 0 unspecified atom stereocenters. The molecule has 1 aliphatic rings. The molecule has 1 atom stereocenters. The van der Waals surface area contributed by atoms with Crippen LogP contribution in [0.2, 0.25) is 0 Å². The van der Waals surface area contributed by atoms with Crippen molar-refractivity contribution >= 4 is 5.91 Å². The van der Waals surface area contributed by atoms with Crippen LogP contribution in [0.4, 0.5) is 0 Å². The van der Waals surface area contributed by atoms with Gasteiger partial charge in [0.15, 0.2) is 0 Å². The number of rotatable bonds is 4. The van der Waals surface area contributed by atoms with Crippen LogP contribution in [-0.4, -0.2) is 38.4 Å². The van der Waals surface area contributed by atoms with E-state index in [0.29, 0.717) is 12.5 Å². The summed E-state index contributed by atoms with van der Waals surface area (Å²) < 4.78 is 2.20. The summed E-state index contributed by atoms with van der Waals surface area (Å²) in [6.45, 7) is 3.69. The van der Waals surface area contributed by atoms with Gasteiger partial charge >= 0.3 is 0 Å². The molecule has 1 aliphatic heterocycles. The maximum absolute atomic E-state index is 12.5. The summed E-state index contributed by atoms with van der Waals surface area (Å²) in [6.07, 6.45) is 10.9. The smallest absolute Gasteiger partial charge is 0.222 e. The minimum atomic E-state index is 0.249. The van der Waals surface area contributed by atoms with Crippen molar-refractivity contribution in [3.8, 4) is 0 Å². The summed E-state index contributed by atoms with van der Waals surface area (Å²) in [5, 5.41) is 0. The van der Waals surface area contributed by atoms with Gasteiger partial charge in [-0.05, 0) is 43.9 Å². The first-order valence-corrected chi connectivity index (χ1v) is 7.90. The van der Waals surface area contributed by atoms with E-state index >= 15 is 0 Å². The van der Waals surface area contributed by atoms with Gasteiger partial charge in [-0.1, -0.05) is 0 Å². The average Bonchev–Trinajstić information content (AvgIpc) is 3.00. The van der Waals surface area contributed by atoms with Crippen LogP contribution in [0.15, 0.2) is 36.9 Å². The molecule has 0 radical (unpaired) electrons. The number of imidazole rings is 1. The van der Waals surface area contributed by atoms with E-state index in [0.717, 1.165) is 38.2 Å². The van der Waals surface area contributed by atoms with E-state index in [1.807, 2.05) is 36.4 Å². The summed E-state index contributed by atoms with van der Waals surface area (Å²) in [6, 6.07) is 4.31. The van der Waals surface area contributed by atoms with Crippen LogP contribution >= 0.6 is 0 Å². The van der Waals surface area contributed by atoms with Gasteiger partial charge < -0.3 is 9.47 Å². The molecule has 0 aliphatic carbocycles. The van der Waals surface area contributed by atoms with Gasteiger partial charge in [0.25, 0.3) is 0 Å². The molecule has 2 aromatic rings. The Morgan fingerprint density at radius 3 is 2.86 bits per heavy atom. The minimum absolute atomic E-state index is 0.249. The fraction of sp³-hybridized carbons (Fsp3) is 0.471. The largest absolute Gasteiger partial charge is 0.341 e. The van der Waals surface area contributed by atoms with Crippen molar-refractivity contribution in [1.29, 1.82) is 0 Å². The monoisotopic (exact) mass is 298 g/mol. The van der Waals surface area contributed by atoms with Gasteiger partial charge in [-0.3, -0.25) is 9.78 Å². The number of pyridine rings is 1. The summed E-state index contributed by atoms with van der Waals surface area (Å²) in [5.41, 5.74) is 1.17.